The minimum atomic E-state index is -0.613. The zero-order chi connectivity index (χ0) is 15.2. The van der Waals surface area contributed by atoms with Crippen molar-refractivity contribution < 1.29 is 18.7 Å². The number of pyridine rings is 1. The van der Waals surface area contributed by atoms with Gasteiger partial charge >= 0.3 is 5.97 Å². The van der Waals surface area contributed by atoms with E-state index in [4.69, 9.17) is 4.74 Å². The van der Waals surface area contributed by atoms with Crippen molar-refractivity contribution in [2.24, 2.45) is 0 Å². The van der Waals surface area contributed by atoms with Crippen LogP contribution < -0.4 is 5.32 Å². The van der Waals surface area contributed by atoms with Gasteiger partial charge in [0.25, 0.3) is 5.91 Å². The molecule has 0 unspecified atom stereocenters. The fourth-order valence-corrected chi connectivity index (χ4v) is 1.63. The molecule has 1 heterocycles. The summed E-state index contributed by atoms with van der Waals surface area (Å²) in [7, 11) is 0. The molecule has 21 heavy (non-hydrogen) atoms. The topological polar surface area (TPSA) is 68.3 Å². The van der Waals surface area contributed by atoms with E-state index in [2.05, 4.69) is 10.3 Å². The molecule has 0 saturated carbocycles. The number of aromatic nitrogens is 1. The Morgan fingerprint density at radius 2 is 1.86 bits per heavy atom. The summed E-state index contributed by atoms with van der Waals surface area (Å²) in [5, 5.41) is 2.40. The van der Waals surface area contributed by atoms with Crippen LogP contribution in [0.15, 0.2) is 42.5 Å². The molecule has 6 heteroatoms. The number of esters is 1. The molecule has 1 aromatic heterocycles. The lowest BCUT2D eigenvalue weighted by Crippen LogP contribution is -2.17. The Labute approximate surface area is 120 Å². The van der Waals surface area contributed by atoms with Crippen molar-refractivity contribution in [1.29, 1.82) is 0 Å². The lowest BCUT2D eigenvalue weighted by molar-refractivity contribution is 0.0519. The van der Waals surface area contributed by atoms with Gasteiger partial charge in [-0.2, -0.15) is 0 Å². The Balaban J connectivity index is 2.18. The number of benzene rings is 1. The summed E-state index contributed by atoms with van der Waals surface area (Å²) >= 11 is 0. The predicted molar refractivity (Wildman–Crippen MR) is 74.5 cm³/mol. The lowest BCUT2D eigenvalue weighted by atomic mass is 10.2. The van der Waals surface area contributed by atoms with Crippen LogP contribution in [0, 0.1) is 5.82 Å². The van der Waals surface area contributed by atoms with E-state index in [0.717, 1.165) is 0 Å². The van der Waals surface area contributed by atoms with Gasteiger partial charge in [0.15, 0.2) is 0 Å². The smallest absolute Gasteiger partial charge is 0.356 e. The molecule has 5 nitrogen and oxygen atoms in total. The quantitative estimate of drug-likeness (QED) is 0.878. The van der Waals surface area contributed by atoms with Gasteiger partial charge in [-0.3, -0.25) is 4.79 Å². The fraction of sp³-hybridized carbons (Fsp3) is 0.133. The highest BCUT2D eigenvalue weighted by molar-refractivity contribution is 6.03. The molecular formula is C15H13FN2O3. The number of ether oxygens (including phenoxy) is 1. The van der Waals surface area contributed by atoms with Crippen LogP contribution in [0.2, 0.25) is 0 Å². The Kier molecular flexibility index (Phi) is 4.61. The first-order valence-corrected chi connectivity index (χ1v) is 6.32. The van der Waals surface area contributed by atoms with Gasteiger partial charge in [-0.1, -0.05) is 18.2 Å². The monoisotopic (exact) mass is 288 g/mol. The fourth-order valence-electron chi connectivity index (χ4n) is 1.63. The first kappa shape index (κ1) is 14.6. The molecule has 0 atom stereocenters. The summed E-state index contributed by atoms with van der Waals surface area (Å²) in [6.45, 7) is 1.89. The molecule has 0 saturated heterocycles. The number of anilines is 1. The van der Waals surface area contributed by atoms with Crippen LogP contribution in [0.1, 0.15) is 27.9 Å². The van der Waals surface area contributed by atoms with Crippen molar-refractivity contribution in [3.05, 3.63) is 59.7 Å². The Morgan fingerprint density at radius 1 is 1.14 bits per heavy atom. The average Bonchev–Trinajstić information content (AvgIpc) is 2.50. The van der Waals surface area contributed by atoms with Crippen LogP contribution in [0.25, 0.3) is 0 Å². The van der Waals surface area contributed by atoms with Crippen molar-refractivity contribution >= 4 is 17.6 Å². The maximum absolute atomic E-state index is 13.5. The molecule has 0 aliphatic heterocycles. The normalized spacial score (nSPS) is 10.0. The number of nitrogens with zero attached hydrogens (tertiary/aromatic N) is 1. The first-order chi connectivity index (χ1) is 10.1. The molecular weight excluding hydrogens is 275 g/mol. The summed E-state index contributed by atoms with van der Waals surface area (Å²) in [6, 6.07) is 10.2. The van der Waals surface area contributed by atoms with Crippen LogP contribution in [0.3, 0.4) is 0 Å². The summed E-state index contributed by atoms with van der Waals surface area (Å²) in [5.41, 5.74) is 0.0766. The standard InChI is InChI=1S/C15H13FN2O3/c1-2-21-15(20)13-9-5-8-12(17-13)14(19)18-11-7-4-3-6-10(11)16/h3-9H,2H2,1H3,(H,18,19). The van der Waals surface area contributed by atoms with Crippen LogP contribution >= 0.6 is 0 Å². The molecule has 0 aliphatic carbocycles. The van der Waals surface area contributed by atoms with E-state index in [-0.39, 0.29) is 23.7 Å². The maximum Gasteiger partial charge on any atom is 0.356 e. The number of para-hydroxylation sites is 1. The van der Waals surface area contributed by atoms with E-state index in [1.54, 1.807) is 13.0 Å². The Hall–Kier alpha value is -2.76. The second-order valence-corrected chi connectivity index (χ2v) is 4.06. The molecule has 2 rings (SSSR count). The molecule has 0 radical (unpaired) electrons. The average molecular weight is 288 g/mol. The lowest BCUT2D eigenvalue weighted by Gasteiger charge is -2.06. The number of rotatable bonds is 4. The highest BCUT2D eigenvalue weighted by atomic mass is 19.1. The molecule has 1 aromatic carbocycles. The van der Waals surface area contributed by atoms with Gasteiger partial charge in [0.05, 0.1) is 12.3 Å². The first-order valence-electron chi connectivity index (χ1n) is 6.32. The molecule has 1 N–H and O–H groups in total. The Bertz CT molecular complexity index is 673. The number of amides is 1. The summed E-state index contributed by atoms with van der Waals surface area (Å²) < 4.78 is 18.3. The zero-order valence-electron chi connectivity index (χ0n) is 11.3. The second-order valence-electron chi connectivity index (χ2n) is 4.06. The molecule has 0 bridgehead atoms. The summed E-state index contributed by atoms with van der Waals surface area (Å²) in [6.07, 6.45) is 0. The molecule has 0 spiro atoms. The van der Waals surface area contributed by atoms with Crippen LogP contribution in [-0.2, 0) is 4.74 Å². The molecule has 1 amide bonds. The van der Waals surface area contributed by atoms with Crippen molar-refractivity contribution in [2.75, 3.05) is 11.9 Å². The number of carbonyl (C=O) groups is 2. The SMILES string of the molecule is CCOC(=O)c1cccc(C(=O)Nc2ccccc2F)n1. The minimum Gasteiger partial charge on any atom is -0.461 e. The molecule has 0 fully saturated rings. The third-order valence-corrected chi connectivity index (χ3v) is 2.59. The number of nitrogens with one attached hydrogen (secondary N) is 1. The largest absolute Gasteiger partial charge is 0.461 e. The second kappa shape index (κ2) is 6.60. The van der Waals surface area contributed by atoms with Gasteiger partial charge in [0, 0.05) is 0 Å². The highest BCUT2D eigenvalue weighted by Gasteiger charge is 2.14. The van der Waals surface area contributed by atoms with Crippen LogP contribution in [0.4, 0.5) is 10.1 Å². The van der Waals surface area contributed by atoms with Crippen LogP contribution in [-0.4, -0.2) is 23.5 Å². The van der Waals surface area contributed by atoms with Gasteiger partial charge in [0.1, 0.15) is 17.2 Å². The molecule has 0 aliphatic rings. The molecule has 2 aromatic rings. The van der Waals surface area contributed by atoms with Gasteiger partial charge in [0.2, 0.25) is 0 Å². The summed E-state index contributed by atoms with van der Waals surface area (Å²) in [5.74, 6) is -1.77. The number of hydrogen-bond donors (Lipinski definition) is 1. The van der Waals surface area contributed by atoms with E-state index < -0.39 is 17.7 Å². The number of halogens is 1. The summed E-state index contributed by atoms with van der Waals surface area (Å²) in [4.78, 5) is 27.5. The van der Waals surface area contributed by atoms with Crippen molar-refractivity contribution in [1.82, 2.24) is 4.98 Å². The Morgan fingerprint density at radius 3 is 2.57 bits per heavy atom. The van der Waals surface area contributed by atoms with Gasteiger partial charge in [-0.15, -0.1) is 0 Å². The third-order valence-electron chi connectivity index (χ3n) is 2.59. The minimum absolute atomic E-state index is 0.00352. The van der Waals surface area contributed by atoms with Gasteiger partial charge < -0.3 is 10.1 Å². The number of hydrogen-bond acceptors (Lipinski definition) is 4. The van der Waals surface area contributed by atoms with Crippen molar-refractivity contribution in [2.45, 2.75) is 6.92 Å². The third kappa shape index (κ3) is 3.62. The number of carbonyl (C=O) groups excluding carboxylic acids is 2. The predicted octanol–water partition coefficient (Wildman–Crippen LogP) is 2.65. The van der Waals surface area contributed by atoms with Gasteiger partial charge in [-0.05, 0) is 31.2 Å². The van der Waals surface area contributed by atoms with E-state index in [0.29, 0.717) is 0 Å². The van der Waals surface area contributed by atoms with Gasteiger partial charge in [-0.25, -0.2) is 14.2 Å². The van der Waals surface area contributed by atoms with E-state index in [9.17, 15) is 14.0 Å². The van der Waals surface area contributed by atoms with Crippen molar-refractivity contribution in [3.63, 3.8) is 0 Å². The van der Waals surface area contributed by atoms with E-state index in [1.807, 2.05) is 0 Å². The van der Waals surface area contributed by atoms with Crippen LogP contribution in [0.5, 0.6) is 0 Å². The van der Waals surface area contributed by atoms with E-state index >= 15 is 0 Å². The van der Waals surface area contributed by atoms with Crippen molar-refractivity contribution in [3.8, 4) is 0 Å². The van der Waals surface area contributed by atoms with E-state index in [1.165, 1.54) is 36.4 Å². The molecule has 108 valence electrons. The zero-order valence-corrected chi connectivity index (χ0v) is 11.3. The highest BCUT2D eigenvalue weighted by Crippen LogP contribution is 2.13. The maximum atomic E-state index is 13.5.